The Kier molecular flexibility index (Phi) is 9.85. The summed E-state index contributed by atoms with van der Waals surface area (Å²) in [6.45, 7) is 9.18. The lowest BCUT2D eigenvalue weighted by molar-refractivity contribution is -0.172. The van der Waals surface area contributed by atoms with Crippen LogP contribution in [-0.4, -0.2) is 65.2 Å². The summed E-state index contributed by atoms with van der Waals surface area (Å²) in [7, 11) is 0. The molecule has 126 valence electrons. The third kappa shape index (κ3) is 5.50. The third-order valence-corrected chi connectivity index (χ3v) is 3.71. The average molecular weight is 333 g/mol. The molecular weight excluding hydrogens is 308 g/mol. The summed E-state index contributed by atoms with van der Waals surface area (Å²) in [6.07, 6.45) is 0.626. The highest BCUT2D eigenvalue weighted by Gasteiger charge is 2.42. The molecule has 1 aliphatic rings. The fourth-order valence-electron chi connectivity index (χ4n) is 2.34. The number of carbonyl (C=O) groups is 2. The molecule has 0 aliphatic carbocycles. The van der Waals surface area contributed by atoms with Crippen LogP contribution in [0.15, 0.2) is 9.98 Å². The zero-order valence-electron chi connectivity index (χ0n) is 13.4. The van der Waals surface area contributed by atoms with Crippen LogP contribution in [0.3, 0.4) is 0 Å². The van der Waals surface area contributed by atoms with Crippen molar-refractivity contribution in [1.82, 2.24) is 9.96 Å². The fourth-order valence-corrected chi connectivity index (χ4v) is 2.34. The Morgan fingerprint density at radius 3 is 2.45 bits per heavy atom. The van der Waals surface area contributed by atoms with Crippen LogP contribution in [-0.2, 0) is 9.59 Å². The summed E-state index contributed by atoms with van der Waals surface area (Å²) < 4.78 is 0. The van der Waals surface area contributed by atoms with Gasteiger partial charge in [0, 0.05) is 19.5 Å². The lowest BCUT2D eigenvalue weighted by Gasteiger charge is -2.22. The fraction of sp³-hybridized carbons (Fsp3) is 0.786. The summed E-state index contributed by atoms with van der Waals surface area (Å²) in [5.74, 6) is -1.76. The molecule has 2 amide bonds. The van der Waals surface area contributed by atoms with Crippen LogP contribution in [0.25, 0.3) is 0 Å². The second-order valence-electron chi connectivity index (χ2n) is 4.94. The summed E-state index contributed by atoms with van der Waals surface area (Å²) in [4.78, 5) is 33.7. The van der Waals surface area contributed by atoms with Crippen LogP contribution in [0.2, 0.25) is 0 Å². The number of aliphatic imine (C=N–C) groups is 2. The molecule has 1 saturated heterocycles. The second-order valence-corrected chi connectivity index (χ2v) is 4.94. The number of imide groups is 1. The lowest BCUT2D eigenvalue weighted by atomic mass is 9.95. The van der Waals surface area contributed by atoms with E-state index in [0.717, 1.165) is 19.6 Å². The first-order valence-electron chi connectivity index (χ1n) is 7.44. The van der Waals surface area contributed by atoms with Gasteiger partial charge in [-0.25, -0.2) is 9.98 Å². The quantitative estimate of drug-likeness (QED) is 0.414. The molecule has 1 heterocycles. The van der Waals surface area contributed by atoms with Gasteiger partial charge < -0.3 is 4.90 Å². The first-order chi connectivity index (χ1) is 10.0. The summed E-state index contributed by atoms with van der Waals surface area (Å²) in [5, 5.41) is 9.58. The van der Waals surface area contributed by atoms with Crippen molar-refractivity contribution in [2.24, 2.45) is 15.9 Å². The van der Waals surface area contributed by atoms with Crippen molar-refractivity contribution in [3.63, 3.8) is 0 Å². The van der Waals surface area contributed by atoms with Gasteiger partial charge in [0.15, 0.2) is 0 Å². The lowest BCUT2D eigenvalue weighted by Crippen LogP contribution is -2.33. The molecule has 1 N–H and O–H groups in total. The monoisotopic (exact) mass is 332 g/mol. The molecule has 0 aromatic carbocycles. The predicted octanol–water partition coefficient (Wildman–Crippen LogP) is 1.47. The molecule has 0 bridgehead atoms. The van der Waals surface area contributed by atoms with Crippen LogP contribution in [0, 0.1) is 5.92 Å². The van der Waals surface area contributed by atoms with E-state index >= 15 is 0 Å². The van der Waals surface area contributed by atoms with E-state index in [1.165, 1.54) is 0 Å². The standard InChI is InChI=1S/C14H24N4O3.ClH/c1-4-15-10-16-12(7-8-17(5-2)6-3)11-9-13(19)18(21)14(11)20;/h11-12,21H,4-9H2,1-3H3;1H. The first kappa shape index (κ1) is 20.7. The number of hydroxylamine groups is 2. The highest BCUT2D eigenvalue weighted by atomic mass is 35.5. The minimum Gasteiger partial charge on any atom is -0.304 e. The molecule has 1 fully saturated rings. The molecule has 22 heavy (non-hydrogen) atoms. The Morgan fingerprint density at radius 2 is 2.00 bits per heavy atom. The van der Waals surface area contributed by atoms with Gasteiger partial charge in [0.05, 0.1) is 18.0 Å². The van der Waals surface area contributed by atoms with Crippen LogP contribution in [0.5, 0.6) is 0 Å². The molecule has 7 nitrogen and oxygen atoms in total. The molecule has 1 rings (SSSR count). The van der Waals surface area contributed by atoms with E-state index in [0.29, 0.717) is 13.0 Å². The Balaban J connectivity index is 0.00000441. The molecule has 0 aromatic rings. The van der Waals surface area contributed by atoms with Crippen molar-refractivity contribution in [3.05, 3.63) is 0 Å². The molecule has 0 spiro atoms. The number of hydrogen-bond acceptors (Lipinski definition) is 6. The highest BCUT2D eigenvalue weighted by molar-refractivity contribution is 6.02. The van der Waals surface area contributed by atoms with Crippen molar-refractivity contribution >= 4 is 30.2 Å². The smallest absolute Gasteiger partial charge is 0.259 e. The average Bonchev–Trinajstić information content (AvgIpc) is 2.74. The zero-order valence-corrected chi connectivity index (χ0v) is 14.2. The third-order valence-electron chi connectivity index (χ3n) is 3.71. The Morgan fingerprint density at radius 1 is 1.36 bits per heavy atom. The van der Waals surface area contributed by atoms with E-state index in [2.05, 4.69) is 34.7 Å². The van der Waals surface area contributed by atoms with Crippen LogP contribution >= 0.6 is 12.4 Å². The van der Waals surface area contributed by atoms with E-state index in [4.69, 9.17) is 0 Å². The number of hydrogen-bond donors (Lipinski definition) is 1. The van der Waals surface area contributed by atoms with Crippen molar-refractivity contribution < 1.29 is 14.8 Å². The molecule has 2 unspecified atom stereocenters. The van der Waals surface area contributed by atoms with E-state index in [-0.39, 0.29) is 29.9 Å². The number of carbonyl (C=O) groups excluding carboxylic acids is 2. The molecule has 2 atom stereocenters. The van der Waals surface area contributed by atoms with E-state index < -0.39 is 17.7 Å². The van der Waals surface area contributed by atoms with Crippen LogP contribution in [0.1, 0.15) is 33.6 Å². The minimum absolute atomic E-state index is 0. The van der Waals surface area contributed by atoms with Gasteiger partial charge in [-0.2, -0.15) is 5.06 Å². The van der Waals surface area contributed by atoms with Crippen molar-refractivity contribution in [2.45, 2.75) is 39.7 Å². The van der Waals surface area contributed by atoms with Gasteiger partial charge in [0.25, 0.3) is 11.8 Å². The predicted molar refractivity (Wildman–Crippen MR) is 85.6 cm³/mol. The number of amides is 2. The van der Waals surface area contributed by atoms with Crippen LogP contribution in [0.4, 0.5) is 0 Å². The van der Waals surface area contributed by atoms with E-state index in [9.17, 15) is 14.8 Å². The maximum atomic E-state index is 11.9. The molecule has 8 heteroatoms. The Bertz CT molecular complexity index is 434. The van der Waals surface area contributed by atoms with Gasteiger partial charge >= 0.3 is 0 Å². The molecule has 0 aromatic heterocycles. The summed E-state index contributed by atoms with van der Waals surface area (Å²) in [5.41, 5.74) is 0. The number of nitrogens with zero attached hydrogens (tertiary/aromatic N) is 4. The number of rotatable bonds is 8. The van der Waals surface area contributed by atoms with E-state index in [1.807, 2.05) is 6.92 Å². The maximum absolute atomic E-state index is 11.9. The van der Waals surface area contributed by atoms with Crippen molar-refractivity contribution in [1.29, 1.82) is 0 Å². The topological polar surface area (TPSA) is 85.6 Å². The molecule has 0 saturated carbocycles. The van der Waals surface area contributed by atoms with Gasteiger partial charge in [-0.1, -0.05) is 13.8 Å². The molecular formula is C14H25ClN4O3. The largest absolute Gasteiger partial charge is 0.304 e. The second kappa shape index (κ2) is 10.5. The van der Waals surface area contributed by atoms with Crippen molar-refractivity contribution in [2.75, 3.05) is 26.2 Å². The van der Waals surface area contributed by atoms with Gasteiger partial charge in [-0.3, -0.25) is 14.8 Å². The normalized spacial score (nSPS) is 19.0. The summed E-state index contributed by atoms with van der Waals surface area (Å²) >= 11 is 0. The SMILES string of the molecule is CCN=C=NC(CCN(CC)CC)C1CC(=O)N(O)C1=O.Cl. The minimum atomic E-state index is -0.613. The van der Waals surface area contributed by atoms with Gasteiger partial charge in [-0.05, 0) is 26.4 Å². The van der Waals surface area contributed by atoms with Gasteiger partial charge in [0.2, 0.25) is 0 Å². The first-order valence-corrected chi connectivity index (χ1v) is 7.44. The zero-order chi connectivity index (χ0) is 15.8. The Hall–Kier alpha value is -1.27. The van der Waals surface area contributed by atoms with Crippen molar-refractivity contribution in [3.8, 4) is 0 Å². The van der Waals surface area contributed by atoms with E-state index in [1.54, 1.807) is 0 Å². The Labute approximate surface area is 137 Å². The molecule has 0 radical (unpaired) electrons. The van der Waals surface area contributed by atoms with Crippen LogP contribution < -0.4 is 0 Å². The van der Waals surface area contributed by atoms with Gasteiger partial charge in [0.1, 0.15) is 0 Å². The van der Waals surface area contributed by atoms with Gasteiger partial charge in [-0.15, -0.1) is 12.4 Å². The highest BCUT2D eigenvalue weighted by Crippen LogP contribution is 2.25. The molecule has 1 aliphatic heterocycles. The summed E-state index contributed by atoms with van der Waals surface area (Å²) in [6, 6.07) is 2.21. The maximum Gasteiger partial charge on any atom is 0.259 e. The number of halogens is 1.